The van der Waals surface area contributed by atoms with Gasteiger partial charge in [0.1, 0.15) is 5.60 Å². The molecule has 2 N–H and O–H groups in total. The Morgan fingerprint density at radius 2 is 2.09 bits per heavy atom. The van der Waals surface area contributed by atoms with E-state index in [1.54, 1.807) is 6.92 Å². The Balaban J connectivity index is 1.58. The molecule has 0 radical (unpaired) electrons. The van der Waals surface area contributed by atoms with Gasteiger partial charge in [0.25, 0.3) is 5.91 Å². The first-order chi connectivity index (χ1) is 10.8. The fraction of sp³-hybridized carbons (Fsp3) is 0.632. The Morgan fingerprint density at radius 3 is 2.78 bits per heavy atom. The molecule has 1 aliphatic carbocycles. The molecule has 0 unspecified atom stereocenters. The second kappa shape index (κ2) is 5.91. The van der Waals surface area contributed by atoms with Crippen LogP contribution in [0.2, 0.25) is 0 Å². The van der Waals surface area contributed by atoms with Crippen molar-refractivity contribution in [1.82, 2.24) is 5.32 Å². The molecule has 4 heteroatoms. The average Bonchev–Trinajstić information content (AvgIpc) is 2.98. The van der Waals surface area contributed by atoms with E-state index in [0.717, 1.165) is 18.6 Å². The molecule has 1 heterocycles. The van der Waals surface area contributed by atoms with Crippen LogP contribution in [0.1, 0.15) is 39.2 Å². The van der Waals surface area contributed by atoms with Crippen molar-refractivity contribution in [3.63, 3.8) is 0 Å². The zero-order valence-corrected chi connectivity index (χ0v) is 14.2. The van der Waals surface area contributed by atoms with Crippen molar-refractivity contribution in [3.05, 3.63) is 35.9 Å². The van der Waals surface area contributed by atoms with Crippen LogP contribution in [0.15, 0.2) is 30.3 Å². The Morgan fingerprint density at radius 1 is 1.39 bits per heavy atom. The molecular formula is C19H27NO3. The van der Waals surface area contributed by atoms with Gasteiger partial charge >= 0.3 is 0 Å². The molecule has 0 aromatic heterocycles. The summed E-state index contributed by atoms with van der Waals surface area (Å²) in [6.45, 7) is 6.64. The molecule has 1 saturated carbocycles. The minimum atomic E-state index is -1.35. The third-order valence-electron chi connectivity index (χ3n) is 5.62. The number of amides is 1. The monoisotopic (exact) mass is 317 g/mol. The van der Waals surface area contributed by atoms with Crippen LogP contribution >= 0.6 is 0 Å². The third-order valence-corrected chi connectivity index (χ3v) is 5.62. The standard InChI is InChI=1S/C19H27NO3/c1-18(2)15(14-10-12-23-16(14)18)20-17(21)19(3,22)11-9-13-7-5-4-6-8-13/h4-8,14-16,22H,9-12H2,1-3H3,(H,20,21)/t14-,15-,16+,19+/m1/s1. The lowest BCUT2D eigenvalue weighted by Gasteiger charge is -2.55. The summed E-state index contributed by atoms with van der Waals surface area (Å²) in [5.41, 5.74) is -0.281. The molecule has 2 aliphatic rings. The molecule has 1 saturated heterocycles. The SMILES string of the molecule is CC1(C)[C@H](NC(=O)[C@@](C)(O)CCc2ccccc2)[C@H]2CCO[C@@H]21. The highest BCUT2D eigenvalue weighted by molar-refractivity contribution is 5.85. The van der Waals surface area contributed by atoms with Gasteiger partial charge in [-0.15, -0.1) is 0 Å². The maximum atomic E-state index is 12.6. The molecule has 23 heavy (non-hydrogen) atoms. The summed E-state index contributed by atoms with van der Waals surface area (Å²) >= 11 is 0. The lowest BCUT2D eigenvalue weighted by atomic mass is 9.57. The fourth-order valence-corrected chi connectivity index (χ4v) is 4.06. The number of carbonyl (C=O) groups excluding carboxylic acids is 1. The van der Waals surface area contributed by atoms with Crippen LogP contribution in [-0.2, 0) is 16.0 Å². The van der Waals surface area contributed by atoms with Gasteiger partial charge in [0, 0.05) is 24.0 Å². The van der Waals surface area contributed by atoms with E-state index in [9.17, 15) is 9.90 Å². The summed E-state index contributed by atoms with van der Waals surface area (Å²) < 4.78 is 5.76. The Hall–Kier alpha value is -1.39. The number of fused-ring (bicyclic) bond motifs is 1. The van der Waals surface area contributed by atoms with Crippen molar-refractivity contribution >= 4 is 5.91 Å². The van der Waals surface area contributed by atoms with Crippen molar-refractivity contribution in [3.8, 4) is 0 Å². The topological polar surface area (TPSA) is 58.6 Å². The summed E-state index contributed by atoms with van der Waals surface area (Å²) in [5, 5.41) is 13.7. The quantitative estimate of drug-likeness (QED) is 0.876. The zero-order valence-electron chi connectivity index (χ0n) is 14.2. The molecule has 3 rings (SSSR count). The number of aryl methyl sites for hydroxylation is 1. The molecule has 4 nitrogen and oxygen atoms in total. The van der Waals surface area contributed by atoms with Gasteiger partial charge in [-0.05, 0) is 31.7 Å². The summed E-state index contributed by atoms with van der Waals surface area (Å²) in [7, 11) is 0. The largest absolute Gasteiger partial charge is 0.380 e. The van der Waals surface area contributed by atoms with E-state index >= 15 is 0 Å². The minimum Gasteiger partial charge on any atom is -0.380 e. The van der Waals surface area contributed by atoms with E-state index in [1.807, 2.05) is 30.3 Å². The van der Waals surface area contributed by atoms with Crippen molar-refractivity contribution in [2.45, 2.75) is 57.8 Å². The first kappa shape index (κ1) is 16.5. The Labute approximate surface area is 138 Å². The van der Waals surface area contributed by atoms with Crippen molar-refractivity contribution in [1.29, 1.82) is 0 Å². The maximum Gasteiger partial charge on any atom is 0.251 e. The number of ether oxygens (including phenoxy) is 1. The number of benzene rings is 1. The van der Waals surface area contributed by atoms with Gasteiger partial charge in [-0.2, -0.15) is 0 Å². The zero-order chi connectivity index (χ0) is 16.7. The van der Waals surface area contributed by atoms with E-state index < -0.39 is 5.60 Å². The van der Waals surface area contributed by atoms with E-state index in [2.05, 4.69) is 19.2 Å². The van der Waals surface area contributed by atoms with E-state index in [4.69, 9.17) is 4.74 Å². The van der Waals surface area contributed by atoms with Gasteiger partial charge in [0.05, 0.1) is 6.10 Å². The first-order valence-corrected chi connectivity index (χ1v) is 8.51. The van der Waals surface area contributed by atoms with Crippen LogP contribution in [0, 0.1) is 11.3 Å². The van der Waals surface area contributed by atoms with Crippen molar-refractivity contribution in [2.75, 3.05) is 6.61 Å². The van der Waals surface area contributed by atoms with E-state index in [1.165, 1.54) is 0 Å². The minimum absolute atomic E-state index is 0.0632. The van der Waals surface area contributed by atoms with E-state index in [0.29, 0.717) is 18.8 Å². The van der Waals surface area contributed by atoms with Gasteiger partial charge in [-0.3, -0.25) is 4.79 Å². The molecule has 1 aliphatic heterocycles. The molecule has 126 valence electrons. The maximum absolute atomic E-state index is 12.6. The van der Waals surface area contributed by atoms with E-state index in [-0.39, 0.29) is 23.5 Å². The molecular weight excluding hydrogens is 290 g/mol. The second-order valence-electron chi connectivity index (χ2n) is 7.78. The van der Waals surface area contributed by atoms with Gasteiger partial charge in [0.15, 0.2) is 0 Å². The van der Waals surface area contributed by atoms with Crippen LogP contribution in [0.25, 0.3) is 0 Å². The van der Waals surface area contributed by atoms with Crippen LogP contribution in [0.4, 0.5) is 0 Å². The van der Waals surface area contributed by atoms with Gasteiger partial charge in [-0.1, -0.05) is 44.2 Å². The molecule has 1 amide bonds. The van der Waals surface area contributed by atoms with Gasteiger partial charge in [-0.25, -0.2) is 0 Å². The summed E-state index contributed by atoms with van der Waals surface area (Å²) in [5.74, 6) is 0.121. The normalized spacial score (nSPS) is 30.9. The molecule has 1 aromatic rings. The molecule has 4 atom stereocenters. The average molecular weight is 317 g/mol. The number of rotatable bonds is 5. The van der Waals surface area contributed by atoms with Gasteiger partial charge in [0.2, 0.25) is 0 Å². The smallest absolute Gasteiger partial charge is 0.251 e. The molecule has 0 spiro atoms. The Kier molecular flexibility index (Phi) is 4.23. The number of carbonyl (C=O) groups is 1. The summed E-state index contributed by atoms with van der Waals surface area (Å²) in [6, 6.07) is 10.0. The molecule has 2 fully saturated rings. The predicted molar refractivity (Wildman–Crippen MR) is 88.9 cm³/mol. The van der Waals surface area contributed by atoms with Crippen molar-refractivity contribution < 1.29 is 14.6 Å². The summed E-state index contributed by atoms with van der Waals surface area (Å²) in [4.78, 5) is 12.6. The number of hydrogen-bond acceptors (Lipinski definition) is 3. The van der Waals surface area contributed by atoms with Crippen LogP contribution in [-0.4, -0.2) is 35.4 Å². The van der Waals surface area contributed by atoms with Crippen molar-refractivity contribution in [2.24, 2.45) is 11.3 Å². The number of aliphatic hydroxyl groups is 1. The molecule has 1 aromatic carbocycles. The summed E-state index contributed by atoms with van der Waals surface area (Å²) in [6.07, 6.45) is 2.33. The van der Waals surface area contributed by atoms with Crippen LogP contribution in [0.3, 0.4) is 0 Å². The van der Waals surface area contributed by atoms with Crippen LogP contribution < -0.4 is 5.32 Å². The third kappa shape index (κ3) is 3.02. The van der Waals surface area contributed by atoms with Crippen LogP contribution in [0.5, 0.6) is 0 Å². The predicted octanol–water partition coefficient (Wildman–Crippen LogP) is 2.30. The highest BCUT2D eigenvalue weighted by Crippen LogP contribution is 2.52. The highest BCUT2D eigenvalue weighted by Gasteiger charge is 2.60. The molecule has 0 bridgehead atoms. The number of hydrogen-bond donors (Lipinski definition) is 2. The lowest BCUT2D eigenvalue weighted by molar-refractivity contribution is -0.152. The number of nitrogens with one attached hydrogen (secondary N) is 1. The Bertz CT molecular complexity index is 567. The van der Waals surface area contributed by atoms with Gasteiger partial charge < -0.3 is 15.2 Å². The lowest BCUT2D eigenvalue weighted by Crippen LogP contribution is -2.68. The fourth-order valence-electron chi connectivity index (χ4n) is 4.06. The first-order valence-electron chi connectivity index (χ1n) is 8.51. The highest BCUT2D eigenvalue weighted by atomic mass is 16.5. The second-order valence-corrected chi connectivity index (χ2v) is 7.78.